The largest absolute Gasteiger partial charge is 0.478 e. The molecule has 0 saturated heterocycles. The summed E-state index contributed by atoms with van der Waals surface area (Å²) in [6, 6.07) is 3.44. The molecule has 0 spiro atoms. The molecule has 0 saturated carbocycles. The van der Waals surface area contributed by atoms with Crippen molar-refractivity contribution in [3.8, 4) is 0 Å². The predicted molar refractivity (Wildman–Crippen MR) is 72.7 cm³/mol. The molecule has 0 bridgehead atoms. The molecule has 0 radical (unpaired) electrons. The fourth-order valence-electron chi connectivity index (χ4n) is 2.37. The molecule has 1 amide bonds. The Labute approximate surface area is 122 Å². The van der Waals surface area contributed by atoms with Crippen molar-refractivity contribution >= 4 is 21.9 Å². The molecule has 0 aliphatic carbocycles. The van der Waals surface area contributed by atoms with Gasteiger partial charge < -0.3 is 9.84 Å². The van der Waals surface area contributed by atoms with Crippen LogP contribution in [0.1, 0.15) is 34.6 Å². The van der Waals surface area contributed by atoms with Crippen LogP contribution in [0.2, 0.25) is 0 Å². The monoisotopic (exact) mass is 313 g/mol. The van der Waals surface area contributed by atoms with Gasteiger partial charge in [-0.15, -0.1) is 0 Å². The Morgan fingerprint density at radius 3 is 2.52 bits per heavy atom. The van der Waals surface area contributed by atoms with E-state index < -0.39 is 27.4 Å². The van der Waals surface area contributed by atoms with Crippen LogP contribution >= 0.6 is 0 Å². The van der Waals surface area contributed by atoms with Gasteiger partial charge >= 0.3 is 5.97 Å². The Hall–Kier alpha value is -1.93. The van der Waals surface area contributed by atoms with Crippen molar-refractivity contribution in [2.24, 2.45) is 0 Å². The maximum atomic E-state index is 12.5. The fourth-order valence-corrected chi connectivity index (χ4v) is 4.30. The number of sulfonamides is 1. The van der Waals surface area contributed by atoms with Gasteiger partial charge in [0.1, 0.15) is 4.90 Å². The van der Waals surface area contributed by atoms with E-state index in [1.54, 1.807) is 13.8 Å². The molecule has 1 aliphatic heterocycles. The van der Waals surface area contributed by atoms with Crippen molar-refractivity contribution < 1.29 is 27.9 Å². The zero-order valence-electron chi connectivity index (χ0n) is 11.8. The lowest BCUT2D eigenvalue weighted by Gasteiger charge is -2.33. The summed E-state index contributed by atoms with van der Waals surface area (Å²) in [6.45, 7) is 3.16. The number of aromatic carboxylic acids is 1. The SMILES string of the molecule is COCC(C)(C)N1C(=O)c2ccc(C(=O)O)cc2S1(=O)=O. The number of fused-ring (bicyclic) bond motifs is 1. The third kappa shape index (κ3) is 2.30. The lowest BCUT2D eigenvalue weighted by Crippen LogP contribution is -2.50. The number of rotatable bonds is 4. The molecule has 1 aromatic carbocycles. The first kappa shape index (κ1) is 15.5. The second kappa shape index (κ2) is 4.81. The number of methoxy groups -OCH3 is 1. The summed E-state index contributed by atoms with van der Waals surface area (Å²) in [5, 5.41) is 8.95. The summed E-state index contributed by atoms with van der Waals surface area (Å²) in [5.74, 6) is -1.93. The highest BCUT2D eigenvalue weighted by molar-refractivity contribution is 7.90. The van der Waals surface area contributed by atoms with E-state index in [9.17, 15) is 18.0 Å². The Bertz CT molecular complexity index is 722. The van der Waals surface area contributed by atoms with Crippen molar-refractivity contribution in [1.29, 1.82) is 0 Å². The number of carboxylic acids is 1. The highest BCUT2D eigenvalue weighted by Crippen LogP contribution is 2.36. The summed E-state index contributed by atoms with van der Waals surface area (Å²) in [5.41, 5.74) is -1.28. The van der Waals surface area contributed by atoms with Gasteiger partial charge in [0.15, 0.2) is 0 Å². The zero-order chi connectivity index (χ0) is 16.0. The minimum absolute atomic E-state index is 0.0239. The highest BCUT2D eigenvalue weighted by atomic mass is 32.2. The minimum Gasteiger partial charge on any atom is -0.478 e. The molecule has 1 heterocycles. The van der Waals surface area contributed by atoms with E-state index in [2.05, 4.69) is 0 Å². The van der Waals surface area contributed by atoms with E-state index in [0.717, 1.165) is 10.4 Å². The van der Waals surface area contributed by atoms with Gasteiger partial charge in [-0.05, 0) is 32.0 Å². The molecule has 21 heavy (non-hydrogen) atoms. The molecule has 1 aliphatic rings. The van der Waals surface area contributed by atoms with Crippen LogP contribution in [-0.4, -0.2) is 49.0 Å². The van der Waals surface area contributed by atoms with Crippen LogP contribution in [0.5, 0.6) is 0 Å². The van der Waals surface area contributed by atoms with Crippen molar-refractivity contribution in [2.45, 2.75) is 24.3 Å². The standard InChI is InChI=1S/C13H15NO6S/c1-13(2,7-20-3)14-11(15)9-5-4-8(12(16)17)6-10(9)21(14,18)19/h4-6H,7H2,1-3H3,(H,16,17). The smallest absolute Gasteiger partial charge is 0.335 e. The van der Waals surface area contributed by atoms with Gasteiger partial charge in [0.25, 0.3) is 15.9 Å². The fraction of sp³-hybridized carbons (Fsp3) is 0.385. The van der Waals surface area contributed by atoms with Crippen LogP contribution in [0.25, 0.3) is 0 Å². The van der Waals surface area contributed by atoms with Crippen molar-refractivity contribution in [3.63, 3.8) is 0 Å². The lowest BCUT2D eigenvalue weighted by atomic mass is 10.1. The Morgan fingerprint density at radius 1 is 1.38 bits per heavy atom. The molecule has 1 aromatic rings. The summed E-state index contributed by atoms with van der Waals surface area (Å²) < 4.78 is 30.8. The summed E-state index contributed by atoms with van der Waals surface area (Å²) in [7, 11) is -2.68. The van der Waals surface area contributed by atoms with E-state index in [4.69, 9.17) is 9.84 Å². The number of carbonyl (C=O) groups is 2. The van der Waals surface area contributed by atoms with Crippen LogP contribution in [-0.2, 0) is 14.8 Å². The van der Waals surface area contributed by atoms with Crippen LogP contribution in [0.3, 0.4) is 0 Å². The number of ether oxygens (including phenoxy) is 1. The van der Waals surface area contributed by atoms with Crippen molar-refractivity contribution in [3.05, 3.63) is 29.3 Å². The normalized spacial score (nSPS) is 16.9. The molecule has 0 fully saturated rings. The summed E-state index contributed by atoms with van der Waals surface area (Å²) in [6.07, 6.45) is 0. The van der Waals surface area contributed by atoms with E-state index in [-0.39, 0.29) is 22.6 Å². The minimum atomic E-state index is -4.09. The number of carbonyl (C=O) groups excluding carboxylic acids is 1. The molecular formula is C13H15NO6S. The van der Waals surface area contributed by atoms with Crippen LogP contribution < -0.4 is 0 Å². The first-order valence-electron chi connectivity index (χ1n) is 6.09. The van der Waals surface area contributed by atoms with Gasteiger partial charge in [-0.1, -0.05) is 0 Å². The third-order valence-electron chi connectivity index (χ3n) is 3.21. The Kier molecular flexibility index (Phi) is 3.54. The van der Waals surface area contributed by atoms with Gasteiger partial charge in [0.2, 0.25) is 0 Å². The molecule has 0 unspecified atom stereocenters. The number of benzene rings is 1. The van der Waals surface area contributed by atoms with E-state index in [0.29, 0.717) is 0 Å². The average Bonchev–Trinajstić information content (AvgIpc) is 2.56. The topological polar surface area (TPSA) is 101 Å². The number of carboxylic acid groups (broad SMARTS) is 1. The average molecular weight is 313 g/mol. The Morgan fingerprint density at radius 2 is 2.00 bits per heavy atom. The summed E-state index contributed by atoms with van der Waals surface area (Å²) in [4.78, 5) is 23.0. The van der Waals surface area contributed by atoms with E-state index in [1.165, 1.54) is 19.2 Å². The molecular weight excluding hydrogens is 298 g/mol. The van der Waals surface area contributed by atoms with E-state index in [1.807, 2.05) is 0 Å². The molecule has 0 aromatic heterocycles. The first-order chi connectivity index (χ1) is 9.63. The lowest BCUT2D eigenvalue weighted by molar-refractivity contribution is 0.0573. The molecule has 114 valence electrons. The summed E-state index contributed by atoms with van der Waals surface area (Å²) >= 11 is 0. The molecule has 0 atom stereocenters. The predicted octanol–water partition coefficient (Wildman–Crippen LogP) is 0.954. The first-order valence-corrected chi connectivity index (χ1v) is 7.53. The van der Waals surface area contributed by atoms with Crippen molar-refractivity contribution in [2.75, 3.05) is 13.7 Å². The van der Waals surface area contributed by atoms with Gasteiger partial charge in [0, 0.05) is 7.11 Å². The van der Waals surface area contributed by atoms with Crippen LogP contribution in [0.4, 0.5) is 0 Å². The number of amides is 1. The Balaban J connectivity index is 2.63. The van der Waals surface area contributed by atoms with Gasteiger partial charge in [0.05, 0.1) is 23.3 Å². The molecule has 7 nitrogen and oxygen atoms in total. The van der Waals surface area contributed by atoms with E-state index >= 15 is 0 Å². The molecule has 1 N–H and O–H groups in total. The number of nitrogens with zero attached hydrogens (tertiary/aromatic N) is 1. The zero-order valence-corrected chi connectivity index (χ0v) is 12.6. The highest BCUT2D eigenvalue weighted by Gasteiger charge is 2.48. The second-order valence-corrected chi connectivity index (χ2v) is 7.09. The maximum Gasteiger partial charge on any atom is 0.335 e. The van der Waals surface area contributed by atoms with Gasteiger partial charge in [-0.2, -0.15) is 0 Å². The third-order valence-corrected chi connectivity index (χ3v) is 5.24. The molecule has 2 rings (SSSR count). The second-order valence-electron chi connectivity index (χ2n) is 5.34. The van der Waals surface area contributed by atoms with Gasteiger partial charge in [-0.3, -0.25) is 4.79 Å². The number of hydrogen-bond acceptors (Lipinski definition) is 5. The van der Waals surface area contributed by atoms with Gasteiger partial charge in [-0.25, -0.2) is 17.5 Å². The van der Waals surface area contributed by atoms with Crippen LogP contribution in [0.15, 0.2) is 23.1 Å². The van der Waals surface area contributed by atoms with Crippen LogP contribution in [0, 0.1) is 0 Å². The van der Waals surface area contributed by atoms with Crippen molar-refractivity contribution in [1.82, 2.24) is 4.31 Å². The number of hydrogen-bond donors (Lipinski definition) is 1. The quantitative estimate of drug-likeness (QED) is 0.888. The maximum absolute atomic E-state index is 12.5. The molecule has 8 heteroatoms.